The molecule has 0 radical (unpaired) electrons. The van der Waals surface area contributed by atoms with Crippen molar-refractivity contribution in [2.45, 2.75) is 5.92 Å². The number of aliphatic hydroxyl groups excluding tert-OH is 1. The maximum atomic E-state index is 12.6. The molecule has 6 heteroatoms. The second-order valence-corrected chi connectivity index (χ2v) is 2.10. The first kappa shape index (κ1) is 8.92. The molecule has 0 atom stereocenters. The van der Waals surface area contributed by atoms with Crippen LogP contribution in [0.2, 0.25) is 0 Å². The van der Waals surface area contributed by atoms with Gasteiger partial charge in [0.15, 0.2) is 0 Å². The Bertz CT molecular complexity index is 261. The minimum atomic E-state index is -3.40. The Balaban J connectivity index is 2.88. The van der Waals surface area contributed by atoms with E-state index in [9.17, 15) is 8.78 Å². The van der Waals surface area contributed by atoms with Crippen LogP contribution in [0, 0.1) is 0 Å². The molecule has 1 heterocycles. The first-order chi connectivity index (χ1) is 5.60. The van der Waals surface area contributed by atoms with E-state index in [-0.39, 0.29) is 5.88 Å². The van der Waals surface area contributed by atoms with Gasteiger partial charge in [-0.25, -0.2) is 0 Å². The highest BCUT2D eigenvalue weighted by Gasteiger charge is 2.35. The Morgan fingerprint density at radius 3 is 2.83 bits per heavy atom. The highest BCUT2D eigenvalue weighted by Crippen LogP contribution is 2.29. The molecule has 0 fully saturated rings. The Kier molecular flexibility index (Phi) is 2.27. The summed E-state index contributed by atoms with van der Waals surface area (Å²) in [5.74, 6) is -4.15. The molecule has 1 aromatic rings. The molecule has 12 heavy (non-hydrogen) atoms. The summed E-state index contributed by atoms with van der Waals surface area (Å²) < 4.78 is 33.9. The summed E-state index contributed by atoms with van der Waals surface area (Å²) in [5.41, 5.74) is 0. The van der Waals surface area contributed by atoms with Gasteiger partial charge in [-0.2, -0.15) is 8.78 Å². The molecule has 0 spiro atoms. The lowest BCUT2D eigenvalue weighted by atomic mass is 10.3. The summed E-state index contributed by atoms with van der Waals surface area (Å²) in [6, 6.07) is 0.927. The fraction of sp³-hybridized carbons (Fsp3) is 0.500. The molecule has 0 aliphatic rings. The number of hydrogen-bond acceptors (Lipinski definition) is 4. The molecule has 4 nitrogen and oxygen atoms in total. The molecule has 0 aromatic carbocycles. The van der Waals surface area contributed by atoms with Crippen molar-refractivity contribution in [1.29, 1.82) is 0 Å². The summed E-state index contributed by atoms with van der Waals surface area (Å²) in [6.45, 7) is -1.31. The lowest BCUT2D eigenvalue weighted by Crippen LogP contribution is -2.17. The maximum Gasteiger partial charge on any atom is 0.329 e. The van der Waals surface area contributed by atoms with Crippen LogP contribution in [0.4, 0.5) is 8.78 Å². The third-order valence-electron chi connectivity index (χ3n) is 1.26. The van der Waals surface area contributed by atoms with Crippen molar-refractivity contribution >= 4 is 0 Å². The van der Waals surface area contributed by atoms with Crippen LogP contribution in [0.3, 0.4) is 0 Å². The van der Waals surface area contributed by atoms with Crippen LogP contribution in [0.15, 0.2) is 10.6 Å². The number of ether oxygens (including phenoxy) is 1. The number of alkyl halides is 2. The molecule has 0 bridgehead atoms. The zero-order valence-electron chi connectivity index (χ0n) is 6.25. The second kappa shape index (κ2) is 3.06. The van der Waals surface area contributed by atoms with Gasteiger partial charge in [-0.3, -0.25) is 0 Å². The monoisotopic (exact) mass is 179 g/mol. The number of aliphatic hydroxyl groups is 1. The van der Waals surface area contributed by atoms with Gasteiger partial charge < -0.3 is 14.4 Å². The molecule has 1 N–H and O–H groups in total. The summed E-state index contributed by atoms with van der Waals surface area (Å²) in [7, 11) is 1.28. The third-order valence-corrected chi connectivity index (χ3v) is 1.26. The van der Waals surface area contributed by atoms with E-state index in [1.807, 2.05) is 0 Å². The Morgan fingerprint density at radius 2 is 2.42 bits per heavy atom. The zero-order valence-corrected chi connectivity index (χ0v) is 6.25. The van der Waals surface area contributed by atoms with Crippen LogP contribution in [-0.4, -0.2) is 24.0 Å². The van der Waals surface area contributed by atoms with Crippen LogP contribution in [-0.2, 0) is 5.92 Å². The molecule has 1 aromatic heterocycles. The SMILES string of the molecule is COc1cc(C(F)(F)CO)on1. The summed E-state index contributed by atoms with van der Waals surface area (Å²) >= 11 is 0. The van der Waals surface area contributed by atoms with E-state index in [4.69, 9.17) is 5.11 Å². The average Bonchev–Trinajstić information content (AvgIpc) is 2.52. The number of nitrogens with zero attached hydrogens (tertiary/aromatic N) is 1. The van der Waals surface area contributed by atoms with E-state index in [0.717, 1.165) is 6.07 Å². The molecular weight excluding hydrogens is 172 g/mol. The van der Waals surface area contributed by atoms with Crippen LogP contribution >= 0.6 is 0 Å². The van der Waals surface area contributed by atoms with Gasteiger partial charge in [0.2, 0.25) is 5.76 Å². The van der Waals surface area contributed by atoms with Gasteiger partial charge in [-0.15, -0.1) is 0 Å². The average molecular weight is 179 g/mol. The zero-order chi connectivity index (χ0) is 9.19. The van der Waals surface area contributed by atoms with Gasteiger partial charge in [0.1, 0.15) is 6.61 Å². The Labute approximate surface area is 66.7 Å². The highest BCUT2D eigenvalue weighted by atomic mass is 19.3. The molecule has 0 unspecified atom stereocenters. The third kappa shape index (κ3) is 1.53. The van der Waals surface area contributed by atoms with Crippen LogP contribution < -0.4 is 4.74 Å². The maximum absolute atomic E-state index is 12.6. The minimum Gasteiger partial charge on any atom is -0.479 e. The predicted octanol–water partition coefficient (Wildman–Crippen LogP) is 0.767. The van der Waals surface area contributed by atoms with Crippen LogP contribution in [0.1, 0.15) is 5.76 Å². The Hall–Kier alpha value is -1.17. The highest BCUT2D eigenvalue weighted by molar-refractivity contribution is 5.14. The second-order valence-electron chi connectivity index (χ2n) is 2.10. The molecule has 68 valence electrons. The van der Waals surface area contributed by atoms with E-state index in [1.54, 1.807) is 0 Å². The smallest absolute Gasteiger partial charge is 0.329 e. The van der Waals surface area contributed by atoms with E-state index in [1.165, 1.54) is 7.11 Å². The van der Waals surface area contributed by atoms with E-state index >= 15 is 0 Å². The van der Waals surface area contributed by atoms with Gasteiger partial charge in [0.05, 0.1) is 13.2 Å². The van der Waals surface area contributed by atoms with Gasteiger partial charge >= 0.3 is 5.92 Å². The first-order valence-electron chi connectivity index (χ1n) is 3.10. The Morgan fingerprint density at radius 1 is 1.75 bits per heavy atom. The number of methoxy groups -OCH3 is 1. The lowest BCUT2D eigenvalue weighted by Gasteiger charge is -2.06. The molecule has 0 aliphatic carbocycles. The summed E-state index contributed by atoms with van der Waals surface area (Å²) in [5, 5.41) is 11.4. The van der Waals surface area contributed by atoms with Crippen LogP contribution in [0.5, 0.6) is 5.88 Å². The van der Waals surface area contributed by atoms with Crippen molar-refractivity contribution in [2.75, 3.05) is 13.7 Å². The lowest BCUT2D eigenvalue weighted by molar-refractivity contribution is -0.0755. The summed E-state index contributed by atoms with van der Waals surface area (Å²) in [6.07, 6.45) is 0. The molecule has 0 saturated carbocycles. The number of hydrogen-bond donors (Lipinski definition) is 1. The van der Waals surface area contributed by atoms with E-state index in [0.29, 0.717) is 0 Å². The largest absolute Gasteiger partial charge is 0.479 e. The minimum absolute atomic E-state index is 0.0434. The molecule has 0 saturated heterocycles. The van der Waals surface area contributed by atoms with Crippen molar-refractivity contribution in [1.82, 2.24) is 5.16 Å². The molecule has 0 amide bonds. The van der Waals surface area contributed by atoms with Gasteiger partial charge in [0, 0.05) is 0 Å². The predicted molar refractivity (Wildman–Crippen MR) is 34.0 cm³/mol. The number of halogens is 2. The topological polar surface area (TPSA) is 55.5 Å². The quantitative estimate of drug-likeness (QED) is 0.744. The van der Waals surface area contributed by atoms with Crippen molar-refractivity contribution in [3.05, 3.63) is 11.8 Å². The standard InChI is InChI=1S/C6H7F2NO3/c1-11-5-2-4(12-9-5)6(7,8)3-10/h2,10H,3H2,1H3. The molecule has 1 rings (SSSR count). The van der Waals surface area contributed by atoms with Crippen molar-refractivity contribution in [2.24, 2.45) is 0 Å². The number of rotatable bonds is 3. The van der Waals surface area contributed by atoms with E-state index in [2.05, 4.69) is 14.4 Å². The summed E-state index contributed by atoms with van der Waals surface area (Å²) in [4.78, 5) is 0. The van der Waals surface area contributed by atoms with Crippen LogP contribution in [0.25, 0.3) is 0 Å². The van der Waals surface area contributed by atoms with Crippen molar-refractivity contribution in [3.8, 4) is 5.88 Å². The normalized spacial score (nSPS) is 11.7. The molecular formula is C6H7F2NO3. The van der Waals surface area contributed by atoms with Crippen molar-refractivity contribution in [3.63, 3.8) is 0 Å². The van der Waals surface area contributed by atoms with Gasteiger partial charge in [-0.1, -0.05) is 0 Å². The van der Waals surface area contributed by atoms with E-state index < -0.39 is 18.3 Å². The fourth-order valence-electron chi connectivity index (χ4n) is 0.605. The number of aromatic nitrogens is 1. The van der Waals surface area contributed by atoms with Gasteiger partial charge in [0.25, 0.3) is 5.88 Å². The molecule has 0 aliphatic heterocycles. The first-order valence-corrected chi connectivity index (χ1v) is 3.10. The fourth-order valence-corrected chi connectivity index (χ4v) is 0.605. The van der Waals surface area contributed by atoms with Crippen molar-refractivity contribution < 1.29 is 23.1 Å². The van der Waals surface area contributed by atoms with Gasteiger partial charge in [-0.05, 0) is 5.16 Å².